The number of nitrogens with zero attached hydrogens (tertiary/aromatic N) is 2. The highest BCUT2D eigenvalue weighted by Crippen LogP contribution is 2.37. The van der Waals surface area contributed by atoms with Crippen molar-refractivity contribution in [2.24, 2.45) is 0 Å². The Balaban J connectivity index is 1.74. The number of hydrogen-bond acceptors (Lipinski definition) is 2. The number of benzene rings is 1. The van der Waals surface area contributed by atoms with Crippen molar-refractivity contribution in [2.45, 2.75) is 51.1 Å². The van der Waals surface area contributed by atoms with Gasteiger partial charge in [-0.3, -0.25) is 9.48 Å². The first-order valence-electron chi connectivity index (χ1n) is 8.19. The fourth-order valence-corrected chi connectivity index (χ4v) is 3.51. The van der Waals surface area contributed by atoms with Crippen LogP contribution in [0.1, 0.15) is 55.1 Å². The number of halogens is 2. The highest BCUT2D eigenvalue weighted by Gasteiger charge is 2.39. The summed E-state index contributed by atoms with van der Waals surface area (Å²) < 4.78 is 1.79. The van der Waals surface area contributed by atoms with Crippen molar-refractivity contribution in [1.82, 2.24) is 15.1 Å². The molecule has 1 aromatic heterocycles. The normalized spacial score (nSPS) is 16.0. The standard InChI is InChI=1S/C18H21Cl2N3O/c1-12(2)23-11-14(10-21-23)17(24)22-18(6-3-7-18)9-13-4-5-15(19)8-16(13)20/h4-5,8,10-12H,3,6-7,9H2,1-2H3,(H,22,24). The zero-order chi connectivity index (χ0) is 17.3. The first-order valence-corrected chi connectivity index (χ1v) is 8.95. The van der Waals surface area contributed by atoms with Gasteiger partial charge in [-0.05, 0) is 57.2 Å². The molecule has 3 rings (SSSR count). The van der Waals surface area contributed by atoms with Gasteiger partial charge in [-0.2, -0.15) is 5.10 Å². The molecular formula is C18H21Cl2N3O. The Kier molecular flexibility index (Phi) is 4.88. The maximum absolute atomic E-state index is 12.6. The molecule has 0 spiro atoms. The fraction of sp³-hybridized carbons (Fsp3) is 0.444. The van der Waals surface area contributed by atoms with E-state index in [2.05, 4.69) is 10.4 Å². The Morgan fingerprint density at radius 1 is 1.38 bits per heavy atom. The van der Waals surface area contributed by atoms with E-state index in [0.717, 1.165) is 24.8 Å². The van der Waals surface area contributed by atoms with Gasteiger partial charge in [0.25, 0.3) is 5.91 Å². The van der Waals surface area contributed by atoms with Crippen LogP contribution in [0, 0.1) is 0 Å². The summed E-state index contributed by atoms with van der Waals surface area (Å²) in [5.74, 6) is -0.0771. The molecule has 24 heavy (non-hydrogen) atoms. The lowest BCUT2D eigenvalue weighted by atomic mass is 9.72. The zero-order valence-corrected chi connectivity index (χ0v) is 15.4. The number of carbonyl (C=O) groups is 1. The van der Waals surface area contributed by atoms with Crippen LogP contribution in [0.2, 0.25) is 10.0 Å². The zero-order valence-electron chi connectivity index (χ0n) is 13.9. The van der Waals surface area contributed by atoms with Gasteiger partial charge in [0.2, 0.25) is 0 Å². The summed E-state index contributed by atoms with van der Waals surface area (Å²) in [5.41, 5.74) is 1.38. The van der Waals surface area contributed by atoms with Gasteiger partial charge in [-0.15, -0.1) is 0 Å². The van der Waals surface area contributed by atoms with Gasteiger partial charge in [0.1, 0.15) is 0 Å². The van der Waals surface area contributed by atoms with Crippen LogP contribution in [0.5, 0.6) is 0 Å². The molecule has 1 amide bonds. The predicted octanol–water partition coefficient (Wildman–Crippen LogP) is 4.67. The largest absolute Gasteiger partial charge is 0.346 e. The third kappa shape index (κ3) is 3.60. The van der Waals surface area contributed by atoms with Crippen molar-refractivity contribution < 1.29 is 4.79 Å². The molecule has 0 unspecified atom stereocenters. The topological polar surface area (TPSA) is 46.9 Å². The minimum Gasteiger partial charge on any atom is -0.346 e. The van der Waals surface area contributed by atoms with Gasteiger partial charge in [0, 0.05) is 27.8 Å². The van der Waals surface area contributed by atoms with Crippen LogP contribution in [0.3, 0.4) is 0 Å². The van der Waals surface area contributed by atoms with E-state index in [1.54, 1.807) is 23.1 Å². The molecule has 128 valence electrons. The lowest BCUT2D eigenvalue weighted by molar-refractivity contribution is 0.0827. The minimum absolute atomic E-state index is 0.0771. The molecule has 2 aromatic rings. The third-order valence-corrected chi connectivity index (χ3v) is 5.21. The van der Waals surface area contributed by atoms with Crippen molar-refractivity contribution in [3.05, 3.63) is 51.8 Å². The Morgan fingerprint density at radius 2 is 2.12 bits per heavy atom. The van der Waals surface area contributed by atoms with Crippen molar-refractivity contribution in [3.8, 4) is 0 Å². The second kappa shape index (κ2) is 6.77. The maximum atomic E-state index is 12.6. The van der Waals surface area contributed by atoms with E-state index in [-0.39, 0.29) is 17.5 Å². The first-order chi connectivity index (χ1) is 11.4. The van der Waals surface area contributed by atoms with Crippen LogP contribution < -0.4 is 5.32 Å². The Labute approximate surface area is 152 Å². The second-order valence-corrected chi connectivity index (χ2v) is 7.65. The van der Waals surface area contributed by atoms with Crippen LogP contribution in [0.15, 0.2) is 30.6 Å². The number of aromatic nitrogens is 2. The minimum atomic E-state index is -0.228. The van der Waals surface area contributed by atoms with Gasteiger partial charge >= 0.3 is 0 Å². The molecular weight excluding hydrogens is 345 g/mol. The van der Waals surface area contributed by atoms with Crippen molar-refractivity contribution >= 4 is 29.1 Å². The molecule has 1 aliphatic carbocycles. The van der Waals surface area contributed by atoms with Crippen LogP contribution in [0.4, 0.5) is 0 Å². The van der Waals surface area contributed by atoms with E-state index in [1.165, 1.54) is 0 Å². The molecule has 0 bridgehead atoms. The smallest absolute Gasteiger partial charge is 0.254 e. The monoisotopic (exact) mass is 365 g/mol. The van der Waals surface area contributed by atoms with Gasteiger partial charge in [0.15, 0.2) is 0 Å². The molecule has 0 radical (unpaired) electrons. The molecule has 6 heteroatoms. The highest BCUT2D eigenvalue weighted by atomic mass is 35.5. The molecule has 1 aromatic carbocycles. The molecule has 1 N–H and O–H groups in total. The number of rotatable bonds is 5. The quantitative estimate of drug-likeness (QED) is 0.836. The summed E-state index contributed by atoms with van der Waals surface area (Å²) in [5, 5.41) is 8.71. The van der Waals surface area contributed by atoms with Gasteiger partial charge < -0.3 is 5.32 Å². The molecule has 1 saturated carbocycles. The van der Waals surface area contributed by atoms with Crippen LogP contribution in [-0.4, -0.2) is 21.2 Å². The predicted molar refractivity (Wildman–Crippen MR) is 96.8 cm³/mol. The molecule has 0 aliphatic heterocycles. The van der Waals surface area contributed by atoms with E-state index in [1.807, 2.05) is 26.0 Å². The Bertz CT molecular complexity index is 750. The lowest BCUT2D eigenvalue weighted by Gasteiger charge is -2.43. The van der Waals surface area contributed by atoms with E-state index in [9.17, 15) is 4.79 Å². The van der Waals surface area contributed by atoms with Crippen molar-refractivity contribution in [2.75, 3.05) is 0 Å². The maximum Gasteiger partial charge on any atom is 0.254 e. The average Bonchev–Trinajstić information content (AvgIpc) is 2.97. The number of carbonyl (C=O) groups excluding carboxylic acids is 1. The third-order valence-electron chi connectivity index (χ3n) is 4.63. The van der Waals surface area contributed by atoms with Gasteiger partial charge in [-0.1, -0.05) is 29.3 Å². The van der Waals surface area contributed by atoms with E-state index < -0.39 is 0 Å². The molecule has 4 nitrogen and oxygen atoms in total. The van der Waals surface area contributed by atoms with E-state index in [4.69, 9.17) is 23.2 Å². The molecule has 1 aliphatic rings. The average molecular weight is 366 g/mol. The van der Waals surface area contributed by atoms with Gasteiger partial charge in [0.05, 0.1) is 11.8 Å². The summed E-state index contributed by atoms with van der Waals surface area (Å²) in [7, 11) is 0. The fourth-order valence-electron chi connectivity index (χ4n) is 3.03. The van der Waals surface area contributed by atoms with E-state index >= 15 is 0 Å². The molecule has 0 atom stereocenters. The van der Waals surface area contributed by atoms with Gasteiger partial charge in [-0.25, -0.2) is 0 Å². The second-order valence-electron chi connectivity index (χ2n) is 6.80. The Hall–Kier alpha value is -1.52. The van der Waals surface area contributed by atoms with Crippen LogP contribution in [0.25, 0.3) is 0 Å². The first kappa shape index (κ1) is 17.3. The summed E-state index contributed by atoms with van der Waals surface area (Å²) in [6.45, 7) is 4.06. The SMILES string of the molecule is CC(C)n1cc(C(=O)NC2(Cc3ccc(Cl)cc3Cl)CCC2)cn1. The summed E-state index contributed by atoms with van der Waals surface area (Å²) in [4.78, 5) is 12.6. The van der Waals surface area contributed by atoms with E-state index in [0.29, 0.717) is 22.0 Å². The lowest BCUT2D eigenvalue weighted by Crippen LogP contribution is -2.55. The number of hydrogen-bond donors (Lipinski definition) is 1. The van der Waals surface area contributed by atoms with Crippen molar-refractivity contribution in [1.29, 1.82) is 0 Å². The summed E-state index contributed by atoms with van der Waals surface area (Å²) in [6, 6.07) is 5.76. The van der Waals surface area contributed by atoms with Crippen molar-refractivity contribution in [3.63, 3.8) is 0 Å². The Morgan fingerprint density at radius 3 is 2.67 bits per heavy atom. The van der Waals surface area contributed by atoms with Crippen LogP contribution in [-0.2, 0) is 6.42 Å². The molecule has 1 heterocycles. The highest BCUT2D eigenvalue weighted by molar-refractivity contribution is 6.35. The molecule has 0 saturated heterocycles. The summed E-state index contributed by atoms with van der Waals surface area (Å²) >= 11 is 12.3. The molecule has 1 fully saturated rings. The number of nitrogens with one attached hydrogen (secondary N) is 1. The number of amides is 1. The van der Waals surface area contributed by atoms with Crippen LogP contribution >= 0.6 is 23.2 Å². The summed E-state index contributed by atoms with van der Waals surface area (Å²) in [6.07, 6.45) is 7.15.